The average molecular weight is 386 g/mol. The number of nitrogens with zero attached hydrogens (tertiary/aromatic N) is 1. The highest BCUT2D eigenvalue weighted by molar-refractivity contribution is 6.22. The standard InChI is InChI=1S/C21H26N2O5/c1-13(2)16(23-18(25)14-8-4-5-9-15(14)19(23)26)17(24)22-12-21(20(27)28)10-6-3-7-11-21/h4-5,8-9,13,16H,3,6-7,10-12H2,1-2H3,(H,22,24)(H,27,28). The zero-order chi connectivity index (χ0) is 20.5. The van der Waals surface area contributed by atoms with Crippen LogP contribution in [0.3, 0.4) is 0 Å². The number of benzene rings is 1. The van der Waals surface area contributed by atoms with Crippen molar-refractivity contribution in [2.45, 2.75) is 52.0 Å². The molecule has 1 saturated carbocycles. The maximum atomic E-state index is 13.0. The number of hydrogen-bond acceptors (Lipinski definition) is 4. The maximum Gasteiger partial charge on any atom is 0.311 e. The van der Waals surface area contributed by atoms with Gasteiger partial charge in [0.25, 0.3) is 11.8 Å². The molecule has 2 aliphatic rings. The second-order valence-corrected chi connectivity index (χ2v) is 8.08. The average Bonchev–Trinajstić information content (AvgIpc) is 2.92. The quantitative estimate of drug-likeness (QED) is 0.731. The molecule has 0 bridgehead atoms. The first-order valence-corrected chi connectivity index (χ1v) is 9.76. The number of imide groups is 1. The summed E-state index contributed by atoms with van der Waals surface area (Å²) in [4.78, 5) is 51.3. The Bertz CT molecular complexity index is 776. The lowest BCUT2D eigenvalue weighted by Gasteiger charge is -2.35. The van der Waals surface area contributed by atoms with Crippen molar-refractivity contribution in [2.75, 3.05) is 6.54 Å². The fourth-order valence-corrected chi connectivity index (χ4v) is 4.23. The molecule has 2 N–H and O–H groups in total. The van der Waals surface area contributed by atoms with Crippen molar-refractivity contribution in [2.24, 2.45) is 11.3 Å². The van der Waals surface area contributed by atoms with E-state index in [2.05, 4.69) is 5.32 Å². The van der Waals surface area contributed by atoms with Gasteiger partial charge >= 0.3 is 5.97 Å². The van der Waals surface area contributed by atoms with Crippen molar-refractivity contribution in [3.05, 3.63) is 35.4 Å². The first kappa shape index (κ1) is 20.0. The van der Waals surface area contributed by atoms with Gasteiger partial charge in [-0.2, -0.15) is 0 Å². The minimum Gasteiger partial charge on any atom is -0.481 e. The van der Waals surface area contributed by atoms with E-state index in [9.17, 15) is 24.3 Å². The summed E-state index contributed by atoms with van der Waals surface area (Å²) in [6.45, 7) is 3.54. The van der Waals surface area contributed by atoms with Crippen LogP contribution in [0.15, 0.2) is 24.3 Å². The van der Waals surface area contributed by atoms with Crippen LogP contribution < -0.4 is 5.32 Å². The zero-order valence-electron chi connectivity index (χ0n) is 16.2. The second-order valence-electron chi connectivity index (χ2n) is 8.08. The number of fused-ring (bicyclic) bond motifs is 1. The van der Waals surface area contributed by atoms with Gasteiger partial charge in [-0.25, -0.2) is 0 Å². The van der Waals surface area contributed by atoms with Crippen molar-refractivity contribution in [3.63, 3.8) is 0 Å². The topological polar surface area (TPSA) is 104 Å². The van der Waals surface area contributed by atoms with Gasteiger partial charge in [0, 0.05) is 6.54 Å². The van der Waals surface area contributed by atoms with E-state index >= 15 is 0 Å². The summed E-state index contributed by atoms with van der Waals surface area (Å²) < 4.78 is 0. The monoisotopic (exact) mass is 386 g/mol. The summed E-state index contributed by atoms with van der Waals surface area (Å²) in [5, 5.41) is 12.4. The van der Waals surface area contributed by atoms with E-state index in [1.807, 2.05) is 0 Å². The predicted molar refractivity (Wildman–Crippen MR) is 102 cm³/mol. The van der Waals surface area contributed by atoms with Gasteiger partial charge in [-0.15, -0.1) is 0 Å². The molecule has 7 heteroatoms. The SMILES string of the molecule is CC(C)C(C(=O)NCC1(C(=O)O)CCCCC1)N1C(=O)c2ccccc2C1=O. The smallest absolute Gasteiger partial charge is 0.311 e. The van der Waals surface area contributed by atoms with Crippen LogP contribution in [0.4, 0.5) is 0 Å². The van der Waals surface area contributed by atoms with Gasteiger partial charge in [0.15, 0.2) is 0 Å². The molecule has 1 aliphatic carbocycles. The Morgan fingerprint density at radius 2 is 1.61 bits per heavy atom. The van der Waals surface area contributed by atoms with Crippen LogP contribution in [0.5, 0.6) is 0 Å². The molecule has 1 unspecified atom stereocenters. The van der Waals surface area contributed by atoms with Crippen LogP contribution in [-0.4, -0.2) is 46.3 Å². The van der Waals surface area contributed by atoms with Crippen LogP contribution in [0.1, 0.15) is 66.7 Å². The third kappa shape index (κ3) is 3.41. The van der Waals surface area contributed by atoms with Crippen LogP contribution in [-0.2, 0) is 9.59 Å². The fraction of sp³-hybridized carbons (Fsp3) is 0.524. The fourth-order valence-electron chi connectivity index (χ4n) is 4.23. The van der Waals surface area contributed by atoms with Gasteiger partial charge in [-0.3, -0.25) is 24.1 Å². The Morgan fingerprint density at radius 1 is 1.07 bits per heavy atom. The molecule has 1 fully saturated rings. The van der Waals surface area contributed by atoms with Crippen LogP contribution in [0.25, 0.3) is 0 Å². The molecular weight excluding hydrogens is 360 g/mol. The Hall–Kier alpha value is -2.70. The van der Waals surface area contributed by atoms with Gasteiger partial charge in [-0.1, -0.05) is 45.2 Å². The van der Waals surface area contributed by atoms with Gasteiger partial charge in [0.1, 0.15) is 6.04 Å². The normalized spacial score (nSPS) is 19.5. The maximum absolute atomic E-state index is 13.0. The van der Waals surface area contributed by atoms with E-state index < -0.39 is 35.1 Å². The molecule has 1 aromatic carbocycles. The van der Waals surface area contributed by atoms with Gasteiger partial charge in [-0.05, 0) is 30.9 Å². The van der Waals surface area contributed by atoms with Crippen molar-refractivity contribution in [1.29, 1.82) is 0 Å². The molecule has 0 saturated heterocycles. The third-order valence-corrected chi connectivity index (χ3v) is 5.87. The number of carbonyl (C=O) groups excluding carboxylic acids is 3. The third-order valence-electron chi connectivity index (χ3n) is 5.87. The Morgan fingerprint density at radius 3 is 2.07 bits per heavy atom. The molecule has 3 amide bonds. The zero-order valence-corrected chi connectivity index (χ0v) is 16.2. The molecule has 0 aromatic heterocycles. The summed E-state index contributed by atoms with van der Waals surface area (Å²) >= 11 is 0. The Labute approximate surface area is 164 Å². The van der Waals surface area contributed by atoms with Crippen molar-refractivity contribution in [3.8, 4) is 0 Å². The van der Waals surface area contributed by atoms with E-state index in [0.29, 0.717) is 24.0 Å². The first-order chi connectivity index (χ1) is 13.3. The summed E-state index contributed by atoms with van der Waals surface area (Å²) in [5.74, 6) is -2.68. The molecule has 3 rings (SSSR count). The van der Waals surface area contributed by atoms with E-state index in [1.54, 1.807) is 38.1 Å². The highest BCUT2D eigenvalue weighted by Gasteiger charge is 2.45. The van der Waals surface area contributed by atoms with E-state index in [1.165, 1.54) is 0 Å². The van der Waals surface area contributed by atoms with E-state index in [4.69, 9.17) is 0 Å². The molecule has 150 valence electrons. The summed E-state index contributed by atoms with van der Waals surface area (Å²) in [7, 11) is 0. The van der Waals surface area contributed by atoms with Gasteiger partial charge in [0.05, 0.1) is 16.5 Å². The summed E-state index contributed by atoms with van der Waals surface area (Å²) in [6, 6.07) is 5.52. The molecule has 0 spiro atoms. The number of aliphatic carboxylic acids is 1. The molecule has 1 aromatic rings. The lowest BCUT2D eigenvalue weighted by molar-refractivity contribution is -0.151. The number of carboxylic acid groups (broad SMARTS) is 1. The van der Waals surface area contributed by atoms with Crippen molar-refractivity contribution in [1.82, 2.24) is 10.2 Å². The Kier molecular flexibility index (Phi) is 5.54. The molecule has 1 heterocycles. The number of hydrogen-bond donors (Lipinski definition) is 2. The van der Waals surface area contributed by atoms with E-state index in [0.717, 1.165) is 24.2 Å². The van der Waals surface area contributed by atoms with Gasteiger partial charge in [0.2, 0.25) is 5.91 Å². The number of nitrogens with one attached hydrogen (secondary N) is 1. The molecular formula is C21H26N2O5. The summed E-state index contributed by atoms with van der Waals surface area (Å²) in [6.07, 6.45) is 3.65. The molecule has 7 nitrogen and oxygen atoms in total. The molecule has 28 heavy (non-hydrogen) atoms. The lowest BCUT2D eigenvalue weighted by atomic mass is 9.74. The number of amides is 3. The number of carbonyl (C=O) groups is 4. The predicted octanol–water partition coefficient (Wildman–Crippen LogP) is 2.46. The van der Waals surface area contributed by atoms with Gasteiger partial charge < -0.3 is 10.4 Å². The number of carboxylic acids is 1. The lowest BCUT2D eigenvalue weighted by Crippen LogP contribution is -2.54. The number of rotatable bonds is 6. The van der Waals surface area contributed by atoms with Crippen molar-refractivity contribution < 1.29 is 24.3 Å². The van der Waals surface area contributed by atoms with Crippen LogP contribution in [0, 0.1) is 11.3 Å². The minimum atomic E-state index is -0.984. The Balaban J connectivity index is 1.79. The summed E-state index contributed by atoms with van der Waals surface area (Å²) in [5.41, 5.74) is -0.391. The largest absolute Gasteiger partial charge is 0.481 e. The van der Waals surface area contributed by atoms with Crippen molar-refractivity contribution >= 4 is 23.7 Å². The highest BCUT2D eigenvalue weighted by Crippen LogP contribution is 2.36. The van der Waals surface area contributed by atoms with Crippen LogP contribution >= 0.6 is 0 Å². The first-order valence-electron chi connectivity index (χ1n) is 9.76. The molecule has 1 aliphatic heterocycles. The minimum absolute atomic E-state index is 0.00750. The van der Waals surface area contributed by atoms with E-state index in [-0.39, 0.29) is 12.5 Å². The highest BCUT2D eigenvalue weighted by atomic mass is 16.4. The second kappa shape index (κ2) is 7.73. The van der Waals surface area contributed by atoms with Crippen LogP contribution in [0.2, 0.25) is 0 Å². The molecule has 1 atom stereocenters. The molecule has 0 radical (unpaired) electrons.